The Morgan fingerprint density at radius 2 is 1.82 bits per heavy atom. The highest BCUT2D eigenvalue weighted by Gasteiger charge is 2.13. The summed E-state index contributed by atoms with van der Waals surface area (Å²) in [6.45, 7) is 4.66. The fourth-order valence-corrected chi connectivity index (χ4v) is 2.11. The highest BCUT2D eigenvalue weighted by atomic mass is 14.2. The highest BCUT2D eigenvalue weighted by Crippen LogP contribution is 2.29. The molecule has 0 aromatic rings. The first-order valence-corrected chi connectivity index (χ1v) is 5.29. The molecule has 0 nitrogen and oxygen atoms in total. The summed E-state index contributed by atoms with van der Waals surface area (Å²) in [5, 5.41) is 0. The van der Waals surface area contributed by atoms with Gasteiger partial charge in [0.15, 0.2) is 0 Å². The molecule has 0 N–H and O–H groups in total. The molecule has 0 heterocycles. The lowest BCUT2D eigenvalue weighted by atomic mass is 9.97. The second-order valence-electron chi connectivity index (χ2n) is 4.48. The van der Waals surface area contributed by atoms with Crippen LogP contribution in [0.25, 0.3) is 0 Å². The molecule has 0 amide bonds. The van der Waals surface area contributed by atoms with Crippen molar-refractivity contribution >= 4 is 0 Å². The molecule has 0 radical (unpaired) electrons. The molecular formula is C11H22. The molecule has 0 saturated heterocycles. The standard InChI is InChI=1S/C11H22/c1-10(2)6-5-9-11-7-3-4-8-11/h10-11H,3-9H2,1-2H3. The van der Waals surface area contributed by atoms with Gasteiger partial charge in [-0.1, -0.05) is 58.8 Å². The van der Waals surface area contributed by atoms with Crippen LogP contribution in [-0.2, 0) is 0 Å². The Labute approximate surface area is 71.4 Å². The summed E-state index contributed by atoms with van der Waals surface area (Å²) in [5.74, 6) is 2.02. The fraction of sp³-hybridized carbons (Fsp3) is 1.00. The highest BCUT2D eigenvalue weighted by molar-refractivity contribution is 4.67. The first kappa shape index (κ1) is 9.09. The molecule has 1 aliphatic carbocycles. The maximum absolute atomic E-state index is 2.33. The molecular weight excluding hydrogens is 132 g/mol. The smallest absolute Gasteiger partial charge is 0.0414 e. The SMILES string of the molecule is CC(C)CCCC1CCCC1. The van der Waals surface area contributed by atoms with E-state index in [-0.39, 0.29) is 0 Å². The fourth-order valence-electron chi connectivity index (χ4n) is 2.11. The van der Waals surface area contributed by atoms with Crippen LogP contribution in [-0.4, -0.2) is 0 Å². The van der Waals surface area contributed by atoms with E-state index in [2.05, 4.69) is 13.8 Å². The van der Waals surface area contributed by atoms with Gasteiger partial charge >= 0.3 is 0 Å². The molecule has 1 fully saturated rings. The van der Waals surface area contributed by atoms with Gasteiger partial charge in [0, 0.05) is 0 Å². The zero-order valence-electron chi connectivity index (χ0n) is 8.10. The Morgan fingerprint density at radius 3 is 2.36 bits per heavy atom. The molecule has 0 unspecified atom stereocenters. The topological polar surface area (TPSA) is 0 Å². The van der Waals surface area contributed by atoms with Crippen molar-refractivity contribution in [3.63, 3.8) is 0 Å². The third kappa shape index (κ3) is 3.79. The third-order valence-electron chi connectivity index (χ3n) is 2.87. The van der Waals surface area contributed by atoms with Crippen LogP contribution < -0.4 is 0 Å². The van der Waals surface area contributed by atoms with Crippen molar-refractivity contribution in [1.82, 2.24) is 0 Å². The molecule has 0 bridgehead atoms. The van der Waals surface area contributed by atoms with Crippen molar-refractivity contribution < 1.29 is 0 Å². The van der Waals surface area contributed by atoms with Crippen LogP contribution >= 0.6 is 0 Å². The van der Waals surface area contributed by atoms with Gasteiger partial charge in [-0.15, -0.1) is 0 Å². The van der Waals surface area contributed by atoms with E-state index in [0.29, 0.717) is 0 Å². The molecule has 11 heavy (non-hydrogen) atoms. The first-order chi connectivity index (χ1) is 5.29. The van der Waals surface area contributed by atoms with Crippen LogP contribution in [0.4, 0.5) is 0 Å². The van der Waals surface area contributed by atoms with Crippen LogP contribution in [0.1, 0.15) is 58.8 Å². The minimum Gasteiger partial charge on any atom is -0.0628 e. The molecule has 1 aliphatic rings. The summed E-state index contributed by atoms with van der Waals surface area (Å²) in [7, 11) is 0. The maximum atomic E-state index is 2.33. The van der Waals surface area contributed by atoms with Gasteiger partial charge in [0.2, 0.25) is 0 Å². The van der Waals surface area contributed by atoms with Crippen molar-refractivity contribution in [2.75, 3.05) is 0 Å². The summed E-state index contributed by atoms with van der Waals surface area (Å²) in [6.07, 6.45) is 10.5. The quantitative estimate of drug-likeness (QED) is 0.574. The summed E-state index contributed by atoms with van der Waals surface area (Å²) < 4.78 is 0. The van der Waals surface area contributed by atoms with Crippen LogP contribution in [0.2, 0.25) is 0 Å². The second kappa shape index (κ2) is 4.79. The van der Waals surface area contributed by atoms with Crippen molar-refractivity contribution in [3.05, 3.63) is 0 Å². The van der Waals surface area contributed by atoms with Gasteiger partial charge in [-0.2, -0.15) is 0 Å². The van der Waals surface area contributed by atoms with Crippen LogP contribution in [0.15, 0.2) is 0 Å². The monoisotopic (exact) mass is 154 g/mol. The Bertz CT molecular complexity index is 88.2. The van der Waals surface area contributed by atoms with Crippen molar-refractivity contribution in [1.29, 1.82) is 0 Å². The minimum absolute atomic E-state index is 0.913. The average Bonchev–Trinajstić information content (AvgIpc) is 2.39. The van der Waals surface area contributed by atoms with Crippen LogP contribution in [0.5, 0.6) is 0 Å². The van der Waals surface area contributed by atoms with Gasteiger partial charge in [-0.25, -0.2) is 0 Å². The lowest BCUT2D eigenvalue weighted by Crippen LogP contribution is -1.94. The van der Waals surface area contributed by atoms with E-state index in [9.17, 15) is 0 Å². The van der Waals surface area contributed by atoms with E-state index in [1.54, 1.807) is 0 Å². The van der Waals surface area contributed by atoms with E-state index >= 15 is 0 Å². The summed E-state index contributed by atoms with van der Waals surface area (Å²) in [4.78, 5) is 0. The third-order valence-corrected chi connectivity index (χ3v) is 2.87. The largest absolute Gasteiger partial charge is 0.0628 e. The molecule has 0 heteroatoms. The van der Waals surface area contributed by atoms with E-state index in [1.165, 1.54) is 44.9 Å². The molecule has 0 atom stereocenters. The number of rotatable bonds is 4. The van der Waals surface area contributed by atoms with E-state index in [4.69, 9.17) is 0 Å². The molecule has 1 saturated carbocycles. The van der Waals surface area contributed by atoms with Crippen LogP contribution in [0.3, 0.4) is 0 Å². The van der Waals surface area contributed by atoms with Crippen molar-refractivity contribution in [2.45, 2.75) is 58.8 Å². The van der Waals surface area contributed by atoms with Gasteiger partial charge in [0.25, 0.3) is 0 Å². The first-order valence-electron chi connectivity index (χ1n) is 5.29. The second-order valence-corrected chi connectivity index (χ2v) is 4.48. The Balaban J connectivity index is 1.94. The Kier molecular flexibility index (Phi) is 3.96. The zero-order chi connectivity index (χ0) is 8.10. The minimum atomic E-state index is 0.913. The predicted molar refractivity (Wildman–Crippen MR) is 50.6 cm³/mol. The van der Waals surface area contributed by atoms with Crippen molar-refractivity contribution in [2.24, 2.45) is 11.8 Å². The lowest BCUT2D eigenvalue weighted by molar-refractivity contribution is 0.441. The zero-order valence-corrected chi connectivity index (χ0v) is 8.10. The average molecular weight is 154 g/mol. The van der Waals surface area contributed by atoms with Gasteiger partial charge in [0.1, 0.15) is 0 Å². The Hall–Kier alpha value is 0. The molecule has 0 aromatic carbocycles. The summed E-state index contributed by atoms with van der Waals surface area (Å²) in [5.41, 5.74) is 0. The lowest BCUT2D eigenvalue weighted by Gasteiger charge is -2.09. The van der Waals surface area contributed by atoms with Gasteiger partial charge in [-0.3, -0.25) is 0 Å². The van der Waals surface area contributed by atoms with E-state index in [0.717, 1.165) is 11.8 Å². The Morgan fingerprint density at radius 1 is 1.18 bits per heavy atom. The summed E-state index contributed by atoms with van der Waals surface area (Å²) in [6, 6.07) is 0. The van der Waals surface area contributed by atoms with Crippen LogP contribution in [0, 0.1) is 11.8 Å². The van der Waals surface area contributed by atoms with Gasteiger partial charge < -0.3 is 0 Å². The normalized spacial score (nSPS) is 19.9. The number of hydrogen-bond donors (Lipinski definition) is 0. The number of hydrogen-bond acceptors (Lipinski definition) is 0. The molecule has 66 valence electrons. The molecule has 0 aromatic heterocycles. The maximum Gasteiger partial charge on any atom is -0.0414 e. The molecule has 0 aliphatic heterocycles. The predicted octanol–water partition coefficient (Wildman–Crippen LogP) is 4.00. The van der Waals surface area contributed by atoms with Crippen molar-refractivity contribution in [3.8, 4) is 0 Å². The molecule has 0 spiro atoms. The molecule has 1 rings (SSSR count). The van der Waals surface area contributed by atoms with E-state index in [1.807, 2.05) is 0 Å². The van der Waals surface area contributed by atoms with E-state index < -0.39 is 0 Å². The summed E-state index contributed by atoms with van der Waals surface area (Å²) >= 11 is 0. The van der Waals surface area contributed by atoms with Gasteiger partial charge in [-0.05, 0) is 11.8 Å². The van der Waals surface area contributed by atoms with Gasteiger partial charge in [0.05, 0.1) is 0 Å².